The predicted molar refractivity (Wildman–Crippen MR) is 135 cm³/mol. The van der Waals surface area contributed by atoms with Gasteiger partial charge in [-0.3, -0.25) is 14.2 Å². The maximum absolute atomic E-state index is 13.9. The lowest BCUT2D eigenvalue weighted by Crippen LogP contribution is -2.47. The second kappa shape index (κ2) is 10.1. The third-order valence-corrected chi connectivity index (χ3v) is 7.14. The maximum Gasteiger partial charge on any atom is 0.332 e. The Bertz CT molecular complexity index is 1540. The van der Waals surface area contributed by atoms with Gasteiger partial charge in [-0.25, -0.2) is 13.8 Å². The van der Waals surface area contributed by atoms with Crippen molar-refractivity contribution in [2.45, 2.75) is 52.7 Å². The van der Waals surface area contributed by atoms with E-state index in [9.17, 15) is 18.8 Å². The van der Waals surface area contributed by atoms with E-state index in [-0.39, 0.29) is 19.0 Å². The van der Waals surface area contributed by atoms with Gasteiger partial charge in [-0.2, -0.15) is 10.2 Å². The zero-order valence-corrected chi connectivity index (χ0v) is 21.4. The summed E-state index contributed by atoms with van der Waals surface area (Å²) in [5, 5.41) is 12.0. The Labute approximate surface area is 209 Å². The maximum atomic E-state index is 13.9. The summed E-state index contributed by atoms with van der Waals surface area (Å²) in [6.45, 7) is 7.00. The standard InChI is InChI=1S/C24H27FN6O4S/c1-13(2)28-20(32)15(4)30-21(33)19-14(3)22(31-26-9-10-27-31)36-23(19)29(24(30)34)11-8-16-12-17(25)6-7-18(16)35-5/h6-7,9-10,12-13,15H,8,11H2,1-5H3,(H,28,32). The Morgan fingerprint density at radius 1 is 1.19 bits per heavy atom. The fourth-order valence-electron chi connectivity index (χ4n) is 4.10. The molecule has 3 aromatic heterocycles. The van der Waals surface area contributed by atoms with E-state index < -0.39 is 29.0 Å². The van der Waals surface area contributed by atoms with Crippen molar-refractivity contribution in [1.29, 1.82) is 0 Å². The topological polar surface area (TPSA) is 113 Å². The summed E-state index contributed by atoms with van der Waals surface area (Å²) in [4.78, 5) is 41.9. The van der Waals surface area contributed by atoms with Crippen LogP contribution >= 0.6 is 11.3 Å². The molecule has 0 radical (unpaired) electrons. The van der Waals surface area contributed by atoms with Crippen molar-refractivity contribution in [3.8, 4) is 10.8 Å². The van der Waals surface area contributed by atoms with Gasteiger partial charge in [-0.1, -0.05) is 11.3 Å². The van der Waals surface area contributed by atoms with Crippen LogP contribution in [0.25, 0.3) is 15.2 Å². The number of aromatic nitrogens is 5. The van der Waals surface area contributed by atoms with Crippen molar-refractivity contribution in [1.82, 2.24) is 29.4 Å². The molecule has 0 bridgehead atoms. The number of nitrogens with one attached hydrogen (secondary N) is 1. The summed E-state index contributed by atoms with van der Waals surface area (Å²) >= 11 is 1.21. The van der Waals surface area contributed by atoms with E-state index in [1.807, 2.05) is 0 Å². The average Bonchev–Trinajstić information content (AvgIpc) is 3.46. The smallest absolute Gasteiger partial charge is 0.332 e. The van der Waals surface area contributed by atoms with Crippen molar-refractivity contribution >= 4 is 27.5 Å². The number of halogens is 1. The zero-order chi connectivity index (χ0) is 26.1. The molecule has 3 heterocycles. The number of aryl methyl sites for hydroxylation is 3. The molecule has 190 valence electrons. The molecule has 0 aliphatic rings. The largest absolute Gasteiger partial charge is 0.496 e. The lowest BCUT2D eigenvalue weighted by atomic mass is 10.1. The molecular weight excluding hydrogens is 487 g/mol. The number of carbonyl (C=O) groups excluding carboxylic acids is 1. The fourth-order valence-corrected chi connectivity index (χ4v) is 5.34. The van der Waals surface area contributed by atoms with Gasteiger partial charge in [0.15, 0.2) is 0 Å². The van der Waals surface area contributed by atoms with Crippen LogP contribution < -0.4 is 21.3 Å². The number of hydrogen-bond donors (Lipinski definition) is 1. The Morgan fingerprint density at radius 2 is 1.89 bits per heavy atom. The molecule has 1 unspecified atom stereocenters. The molecule has 36 heavy (non-hydrogen) atoms. The molecule has 0 saturated carbocycles. The molecule has 4 aromatic rings. The number of hydrogen-bond acceptors (Lipinski definition) is 7. The van der Waals surface area contributed by atoms with Gasteiger partial charge in [0.25, 0.3) is 5.56 Å². The van der Waals surface area contributed by atoms with E-state index in [2.05, 4.69) is 15.5 Å². The number of methoxy groups -OCH3 is 1. The highest BCUT2D eigenvalue weighted by Gasteiger charge is 2.26. The Hall–Kier alpha value is -3.80. The first-order chi connectivity index (χ1) is 17.1. The first kappa shape index (κ1) is 25.3. The molecule has 12 heteroatoms. The SMILES string of the molecule is COc1ccc(F)cc1CCn1c(=O)n(C(C)C(=O)NC(C)C)c(=O)c2c(C)c(-n3nccn3)sc21. The minimum absolute atomic E-state index is 0.125. The third kappa shape index (κ3) is 4.55. The van der Waals surface area contributed by atoms with Gasteiger partial charge in [-0.15, -0.1) is 4.80 Å². The van der Waals surface area contributed by atoms with Crippen LogP contribution in [0.2, 0.25) is 0 Å². The van der Waals surface area contributed by atoms with E-state index in [0.717, 1.165) is 4.57 Å². The van der Waals surface area contributed by atoms with Crippen LogP contribution in [-0.2, 0) is 17.8 Å². The second-order valence-corrected chi connectivity index (χ2v) is 9.66. The summed E-state index contributed by atoms with van der Waals surface area (Å²) < 4.78 is 21.7. The van der Waals surface area contributed by atoms with Gasteiger partial charge in [0.2, 0.25) is 5.91 Å². The Kier molecular flexibility index (Phi) is 7.07. The highest BCUT2D eigenvalue weighted by Crippen LogP contribution is 2.31. The van der Waals surface area contributed by atoms with Crippen LogP contribution in [0.4, 0.5) is 4.39 Å². The molecule has 0 aliphatic carbocycles. The molecule has 1 amide bonds. The van der Waals surface area contributed by atoms with Crippen LogP contribution in [0, 0.1) is 12.7 Å². The lowest BCUT2D eigenvalue weighted by Gasteiger charge is -2.19. The minimum atomic E-state index is -1.04. The lowest BCUT2D eigenvalue weighted by molar-refractivity contribution is -0.124. The number of thiophene rings is 1. The highest BCUT2D eigenvalue weighted by atomic mass is 32.1. The third-order valence-electron chi connectivity index (χ3n) is 5.86. The molecule has 0 spiro atoms. The van der Waals surface area contributed by atoms with Crippen LogP contribution in [0.1, 0.15) is 37.9 Å². The van der Waals surface area contributed by atoms with Crippen LogP contribution in [-0.4, -0.2) is 43.2 Å². The normalized spacial score (nSPS) is 12.3. The molecule has 0 saturated heterocycles. The predicted octanol–water partition coefficient (Wildman–Crippen LogP) is 2.59. The first-order valence-electron chi connectivity index (χ1n) is 11.4. The molecule has 1 atom stereocenters. The van der Waals surface area contributed by atoms with Crippen molar-refractivity contribution < 1.29 is 13.9 Å². The Balaban J connectivity index is 1.92. The van der Waals surface area contributed by atoms with E-state index >= 15 is 0 Å². The van der Waals surface area contributed by atoms with Gasteiger partial charge in [0.1, 0.15) is 27.4 Å². The summed E-state index contributed by atoms with van der Waals surface area (Å²) in [5.74, 6) is -0.377. The molecule has 1 N–H and O–H groups in total. The summed E-state index contributed by atoms with van der Waals surface area (Å²) in [7, 11) is 1.49. The van der Waals surface area contributed by atoms with Gasteiger partial charge < -0.3 is 10.1 Å². The highest BCUT2D eigenvalue weighted by molar-refractivity contribution is 7.21. The van der Waals surface area contributed by atoms with Crippen molar-refractivity contribution in [2.75, 3.05) is 7.11 Å². The van der Waals surface area contributed by atoms with Gasteiger partial charge in [0.05, 0.1) is 24.9 Å². The molecule has 1 aromatic carbocycles. The zero-order valence-electron chi connectivity index (χ0n) is 20.6. The molecule has 10 nitrogen and oxygen atoms in total. The van der Waals surface area contributed by atoms with Gasteiger partial charge >= 0.3 is 5.69 Å². The molecule has 0 aliphatic heterocycles. The quantitative estimate of drug-likeness (QED) is 0.387. The molecular formula is C24H27FN6O4S. The van der Waals surface area contributed by atoms with Gasteiger partial charge in [-0.05, 0) is 57.9 Å². The average molecular weight is 515 g/mol. The van der Waals surface area contributed by atoms with Crippen molar-refractivity contribution in [3.05, 3.63) is 68.4 Å². The van der Waals surface area contributed by atoms with Crippen molar-refractivity contribution in [2.24, 2.45) is 0 Å². The molecule has 0 fully saturated rings. The summed E-state index contributed by atoms with van der Waals surface area (Å²) in [6, 6.07) is 2.97. The van der Waals surface area contributed by atoms with Crippen LogP contribution in [0.3, 0.4) is 0 Å². The number of ether oxygens (including phenoxy) is 1. The van der Waals surface area contributed by atoms with E-state index in [0.29, 0.717) is 32.1 Å². The van der Waals surface area contributed by atoms with Crippen LogP contribution in [0.15, 0.2) is 40.2 Å². The summed E-state index contributed by atoms with van der Waals surface area (Å²) in [6.07, 6.45) is 3.29. The number of carbonyl (C=O) groups is 1. The number of fused-ring (bicyclic) bond motifs is 1. The molecule has 4 rings (SSSR count). The van der Waals surface area contributed by atoms with E-state index in [1.165, 1.54) is 65.3 Å². The number of rotatable bonds is 8. The van der Waals surface area contributed by atoms with E-state index in [4.69, 9.17) is 4.74 Å². The first-order valence-corrected chi connectivity index (χ1v) is 12.2. The monoisotopic (exact) mass is 514 g/mol. The van der Waals surface area contributed by atoms with Crippen LogP contribution in [0.5, 0.6) is 5.75 Å². The Morgan fingerprint density at radius 3 is 2.53 bits per heavy atom. The number of nitrogens with zero attached hydrogens (tertiary/aromatic N) is 5. The van der Waals surface area contributed by atoms with Crippen molar-refractivity contribution in [3.63, 3.8) is 0 Å². The summed E-state index contributed by atoms with van der Waals surface area (Å²) in [5.41, 5.74) is -0.0229. The number of benzene rings is 1. The fraction of sp³-hybridized carbons (Fsp3) is 0.375. The number of amides is 1. The second-order valence-electron chi connectivity index (χ2n) is 8.69. The van der Waals surface area contributed by atoms with E-state index in [1.54, 1.807) is 20.8 Å². The van der Waals surface area contributed by atoms with Gasteiger partial charge in [0, 0.05) is 18.2 Å². The minimum Gasteiger partial charge on any atom is -0.496 e.